The lowest BCUT2D eigenvalue weighted by Crippen LogP contribution is -2.45. The van der Waals surface area contributed by atoms with Gasteiger partial charge in [0.05, 0.1) is 28.8 Å². The van der Waals surface area contributed by atoms with Crippen molar-refractivity contribution in [1.82, 2.24) is 4.90 Å². The molecule has 2 atom stereocenters. The van der Waals surface area contributed by atoms with Crippen molar-refractivity contribution < 1.29 is 9.53 Å². The third kappa shape index (κ3) is 4.64. The molecule has 172 valence electrons. The highest BCUT2D eigenvalue weighted by molar-refractivity contribution is 6.39. The van der Waals surface area contributed by atoms with Crippen LogP contribution in [-0.2, 0) is 16.1 Å². The van der Waals surface area contributed by atoms with E-state index in [1.165, 1.54) is 29.4 Å². The lowest BCUT2D eigenvalue weighted by Gasteiger charge is -2.42. The van der Waals surface area contributed by atoms with Crippen LogP contribution in [0, 0.1) is 19.8 Å². The minimum absolute atomic E-state index is 0.0315. The van der Waals surface area contributed by atoms with Crippen molar-refractivity contribution in [1.29, 1.82) is 0 Å². The number of anilines is 1. The number of nitrogens with zero attached hydrogens (tertiary/aromatic N) is 2. The summed E-state index contributed by atoms with van der Waals surface area (Å²) in [6.07, 6.45) is 1.74. The van der Waals surface area contributed by atoms with Gasteiger partial charge >= 0.3 is 5.97 Å². The molecule has 4 nitrogen and oxygen atoms in total. The van der Waals surface area contributed by atoms with E-state index < -0.39 is 0 Å². The molecular formula is C26H32Cl2N2O2. The lowest BCUT2D eigenvalue weighted by molar-refractivity contribution is -0.147. The quantitative estimate of drug-likeness (QED) is 0.498. The Morgan fingerprint density at radius 2 is 1.75 bits per heavy atom. The number of carbonyl (C=O) groups is 1. The van der Waals surface area contributed by atoms with Gasteiger partial charge in [-0.3, -0.25) is 9.69 Å². The van der Waals surface area contributed by atoms with Gasteiger partial charge in [0.2, 0.25) is 0 Å². The summed E-state index contributed by atoms with van der Waals surface area (Å²) in [6.45, 7) is 10.4. The molecule has 2 heterocycles. The predicted molar refractivity (Wildman–Crippen MR) is 132 cm³/mol. The van der Waals surface area contributed by atoms with Gasteiger partial charge in [0.1, 0.15) is 0 Å². The molecule has 2 unspecified atom stereocenters. The summed E-state index contributed by atoms with van der Waals surface area (Å²) < 4.78 is 4.95. The Bertz CT molecular complexity index is 960. The number of hydrogen-bond acceptors (Lipinski definition) is 4. The number of benzene rings is 2. The Morgan fingerprint density at radius 1 is 1.12 bits per heavy atom. The zero-order chi connectivity index (χ0) is 23.0. The molecule has 0 radical (unpaired) electrons. The zero-order valence-corrected chi connectivity index (χ0v) is 20.8. The van der Waals surface area contributed by atoms with Crippen LogP contribution in [0.1, 0.15) is 47.9 Å². The number of ether oxygens (including phenoxy) is 1. The number of hydrogen-bond donors (Lipinski definition) is 0. The number of esters is 1. The van der Waals surface area contributed by atoms with Crippen LogP contribution in [0.25, 0.3) is 0 Å². The van der Waals surface area contributed by atoms with Crippen molar-refractivity contribution in [3.8, 4) is 0 Å². The van der Waals surface area contributed by atoms with E-state index in [1.807, 2.05) is 18.2 Å². The zero-order valence-electron chi connectivity index (χ0n) is 19.3. The molecule has 4 rings (SSSR count). The van der Waals surface area contributed by atoms with E-state index >= 15 is 0 Å². The molecule has 6 heteroatoms. The molecular weight excluding hydrogens is 443 g/mol. The molecule has 0 aromatic heterocycles. The molecule has 2 fully saturated rings. The van der Waals surface area contributed by atoms with E-state index in [4.69, 9.17) is 27.9 Å². The normalized spacial score (nSPS) is 22.0. The Labute approximate surface area is 201 Å². The predicted octanol–water partition coefficient (Wildman–Crippen LogP) is 5.99. The summed E-state index contributed by atoms with van der Waals surface area (Å²) >= 11 is 12.8. The number of piperidine rings is 1. The Hall–Kier alpha value is -1.75. The number of para-hydroxylation sites is 1. The molecule has 2 aromatic rings. The van der Waals surface area contributed by atoms with Crippen LogP contribution >= 0.6 is 23.2 Å². The van der Waals surface area contributed by atoms with Crippen molar-refractivity contribution >= 4 is 34.9 Å². The SMILES string of the molecule is COC(=O)C1CCN(Cc2c(C)cc(C3CN(c4c(Cl)cccc4Cl)C3)cc2C)C(C)C1. The van der Waals surface area contributed by atoms with Crippen LogP contribution in [-0.4, -0.2) is 43.7 Å². The number of halogens is 2. The van der Waals surface area contributed by atoms with Crippen molar-refractivity contribution in [3.05, 3.63) is 62.6 Å². The van der Waals surface area contributed by atoms with E-state index in [0.29, 0.717) is 22.0 Å². The number of carbonyl (C=O) groups excluding carboxylic acids is 1. The average Bonchev–Trinajstić information content (AvgIpc) is 2.72. The standard InChI is InChI=1S/C26H32Cl2N2O2/c1-16-10-20(21-13-30(14-21)25-23(27)6-5-7-24(25)28)11-17(2)22(16)15-29-9-8-19(12-18(29)3)26(31)32-4/h5-7,10-11,18-19,21H,8-9,12-15H2,1-4H3. The maximum Gasteiger partial charge on any atom is 0.308 e. The third-order valence-electron chi connectivity index (χ3n) is 7.23. The van der Waals surface area contributed by atoms with E-state index in [1.54, 1.807) is 0 Å². The molecule has 2 aliphatic heterocycles. The fourth-order valence-electron chi connectivity index (χ4n) is 5.21. The summed E-state index contributed by atoms with van der Waals surface area (Å²) in [7, 11) is 1.48. The van der Waals surface area contributed by atoms with Crippen molar-refractivity contribution in [2.75, 3.05) is 31.6 Å². The van der Waals surface area contributed by atoms with Crippen LogP contribution < -0.4 is 4.90 Å². The van der Waals surface area contributed by atoms with Crippen LogP contribution in [0.15, 0.2) is 30.3 Å². The van der Waals surface area contributed by atoms with Gasteiger partial charge in [0, 0.05) is 31.6 Å². The molecule has 0 bridgehead atoms. The van der Waals surface area contributed by atoms with Crippen LogP contribution in [0.4, 0.5) is 5.69 Å². The van der Waals surface area contributed by atoms with Crippen LogP contribution in [0.3, 0.4) is 0 Å². The number of aryl methyl sites for hydroxylation is 2. The van der Waals surface area contributed by atoms with Gasteiger partial charge in [-0.1, -0.05) is 41.4 Å². The fourth-order valence-corrected chi connectivity index (χ4v) is 5.85. The first-order chi connectivity index (χ1) is 15.3. The summed E-state index contributed by atoms with van der Waals surface area (Å²) in [5.74, 6) is 0.452. The summed E-state index contributed by atoms with van der Waals surface area (Å²) in [5.41, 5.74) is 6.43. The maximum absolute atomic E-state index is 11.9. The minimum atomic E-state index is -0.0687. The summed E-state index contributed by atoms with van der Waals surface area (Å²) in [6, 6.07) is 10.7. The van der Waals surface area contributed by atoms with E-state index in [0.717, 1.165) is 44.7 Å². The van der Waals surface area contributed by atoms with Crippen LogP contribution in [0.5, 0.6) is 0 Å². The molecule has 2 aliphatic rings. The van der Waals surface area contributed by atoms with Gasteiger partial charge in [0.15, 0.2) is 0 Å². The second-order valence-corrected chi connectivity index (χ2v) is 10.2. The first-order valence-electron chi connectivity index (χ1n) is 11.4. The number of rotatable bonds is 5. The van der Waals surface area contributed by atoms with Gasteiger partial charge in [-0.15, -0.1) is 0 Å². The van der Waals surface area contributed by atoms with Crippen molar-refractivity contribution in [2.24, 2.45) is 5.92 Å². The van der Waals surface area contributed by atoms with Gasteiger partial charge in [-0.05, 0) is 74.5 Å². The van der Waals surface area contributed by atoms with Gasteiger partial charge < -0.3 is 9.64 Å². The Balaban J connectivity index is 1.42. The molecule has 0 amide bonds. The second-order valence-electron chi connectivity index (χ2n) is 9.37. The maximum atomic E-state index is 11.9. The topological polar surface area (TPSA) is 32.8 Å². The van der Waals surface area contributed by atoms with Crippen LogP contribution in [0.2, 0.25) is 10.0 Å². The minimum Gasteiger partial charge on any atom is -0.469 e. The molecule has 0 spiro atoms. The molecule has 0 aliphatic carbocycles. The first-order valence-corrected chi connectivity index (χ1v) is 12.1. The highest BCUT2D eigenvalue weighted by Gasteiger charge is 2.33. The van der Waals surface area contributed by atoms with Crippen molar-refractivity contribution in [2.45, 2.75) is 52.1 Å². The highest BCUT2D eigenvalue weighted by Crippen LogP contribution is 2.40. The average molecular weight is 475 g/mol. The van der Waals surface area contributed by atoms with Gasteiger partial charge in [-0.25, -0.2) is 0 Å². The highest BCUT2D eigenvalue weighted by atomic mass is 35.5. The Kier molecular flexibility index (Phi) is 7.04. The third-order valence-corrected chi connectivity index (χ3v) is 7.84. The summed E-state index contributed by atoms with van der Waals surface area (Å²) in [4.78, 5) is 16.7. The first kappa shape index (κ1) is 23.4. The Morgan fingerprint density at radius 3 is 2.31 bits per heavy atom. The van der Waals surface area contributed by atoms with Gasteiger partial charge in [-0.2, -0.15) is 0 Å². The number of likely N-dealkylation sites (tertiary alicyclic amines) is 1. The molecule has 32 heavy (non-hydrogen) atoms. The monoisotopic (exact) mass is 474 g/mol. The summed E-state index contributed by atoms with van der Waals surface area (Å²) in [5, 5.41) is 1.42. The van der Waals surface area contributed by atoms with E-state index in [-0.39, 0.29) is 11.9 Å². The lowest BCUT2D eigenvalue weighted by atomic mass is 9.86. The molecule has 2 saturated heterocycles. The van der Waals surface area contributed by atoms with E-state index in [2.05, 4.69) is 42.7 Å². The largest absolute Gasteiger partial charge is 0.469 e. The van der Waals surface area contributed by atoms with Gasteiger partial charge in [0.25, 0.3) is 0 Å². The molecule has 2 aromatic carbocycles. The van der Waals surface area contributed by atoms with E-state index in [9.17, 15) is 4.79 Å². The molecule has 0 saturated carbocycles. The molecule has 0 N–H and O–H groups in total. The smallest absolute Gasteiger partial charge is 0.308 e. The second kappa shape index (κ2) is 9.62. The fraction of sp³-hybridized carbons (Fsp3) is 0.500. The van der Waals surface area contributed by atoms with Crippen molar-refractivity contribution in [3.63, 3.8) is 0 Å². The number of methoxy groups -OCH3 is 1.